The first kappa shape index (κ1) is 22.1. The van der Waals surface area contributed by atoms with Gasteiger partial charge in [-0.2, -0.15) is 0 Å². The number of carbonyl (C=O) groups is 2. The van der Waals surface area contributed by atoms with Crippen LogP contribution in [0.1, 0.15) is 80.2 Å². The van der Waals surface area contributed by atoms with Gasteiger partial charge in [0.25, 0.3) is 5.91 Å². The van der Waals surface area contributed by atoms with Crippen molar-refractivity contribution >= 4 is 11.8 Å². The molecule has 3 fully saturated rings. The van der Waals surface area contributed by atoms with Gasteiger partial charge in [0.15, 0.2) is 12.1 Å². The molecule has 0 bridgehead atoms. The Kier molecular flexibility index (Phi) is 5.94. The fourth-order valence-electron chi connectivity index (χ4n) is 5.44. The van der Waals surface area contributed by atoms with Crippen LogP contribution in [0.4, 0.5) is 0 Å². The van der Waals surface area contributed by atoms with Crippen LogP contribution in [0, 0.1) is 5.41 Å². The molecule has 2 amide bonds. The molecule has 10 heteroatoms. The first-order valence-electron chi connectivity index (χ1n) is 12.0. The lowest BCUT2D eigenvalue weighted by Crippen LogP contribution is -2.45. The van der Waals surface area contributed by atoms with Gasteiger partial charge in [-0.25, -0.2) is 4.98 Å². The topological polar surface area (TPSA) is 109 Å². The second-order valence-electron chi connectivity index (χ2n) is 10.0. The van der Waals surface area contributed by atoms with E-state index in [1.54, 1.807) is 0 Å². The van der Waals surface area contributed by atoms with E-state index in [2.05, 4.69) is 20.1 Å². The maximum absolute atomic E-state index is 13.0. The molecule has 1 atom stereocenters. The van der Waals surface area contributed by atoms with Gasteiger partial charge in [0.2, 0.25) is 17.7 Å². The van der Waals surface area contributed by atoms with Gasteiger partial charge in [-0.05, 0) is 37.5 Å². The lowest BCUT2D eigenvalue weighted by molar-refractivity contribution is -0.131. The summed E-state index contributed by atoms with van der Waals surface area (Å²) >= 11 is 0. The zero-order valence-corrected chi connectivity index (χ0v) is 19.4. The second kappa shape index (κ2) is 8.89. The third kappa shape index (κ3) is 4.40. The summed E-state index contributed by atoms with van der Waals surface area (Å²) in [5.41, 5.74) is 0.364. The normalized spacial score (nSPS) is 23.2. The molecule has 1 unspecified atom stereocenters. The molecule has 1 spiro atoms. The summed E-state index contributed by atoms with van der Waals surface area (Å²) in [6, 6.07) is -0.0747. The lowest BCUT2D eigenvalue weighted by atomic mass is 9.76. The average molecular weight is 457 g/mol. The van der Waals surface area contributed by atoms with Crippen LogP contribution in [-0.2, 0) is 4.79 Å². The summed E-state index contributed by atoms with van der Waals surface area (Å²) in [6.07, 6.45) is 7.42. The molecule has 0 radical (unpaired) electrons. The van der Waals surface area contributed by atoms with Crippen LogP contribution < -0.4 is 0 Å². The van der Waals surface area contributed by atoms with Crippen molar-refractivity contribution in [3.63, 3.8) is 0 Å². The Bertz CT molecular complexity index is 973. The largest absolute Gasteiger partial charge is 0.451 e. The van der Waals surface area contributed by atoms with Crippen LogP contribution in [-0.4, -0.2) is 81.0 Å². The van der Waals surface area contributed by atoms with Crippen molar-refractivity contribution in [2.75, 3.05) is 39.3 Å². The Labute approximate surface area is 193 Å². The maximum Gasteiger partial charge on any atom is 0.275 e. The number of hydrogen-bond donors (Lipinski definition) is 0. The van der Waals surface area contributed by atoms with Crippen LogP contribution >= 0.6 is 0 Å². The van der Waals surface area contributed by atoms with Gasteiger partial charge in [0.1, 0.15) is 6.26 Å². The van der Waals surface area contributed by atoms with Gasteiger partial charge in [-0.3, -0.25) is 14.5 Å². The smallest absolute Gasteiger partial charge is 0.275 e. The van der Waals surface area contributed by atoms with Crippen LogP contribution in [0.2, 0.25) is 0 Å². The van der Waals surface area contributed by atoms with E-state index < -0.39 is 0 Å². The molecule has 0 aliphatic carbocycles. The molecule has 5 heterocycles. The Hall–Kier alpha value is -2.75. The zero-order valence-electron chi connectivity index (χ0n) is 19.4. The number of aromatic nitrogens is 3. The number of amides is 2. The molecule has 2 aromatic heterocycles. The van der Waals surface area contributed by atoms with Crippen LogP contribution in [0.15, 0.2) is 21.5 Å². The first-order valence-corrected chi connectivity index (χ1v) is 12.0. The standard InChI is InChI=1S/C23H32N6O4/c1-16(2)20-25-26-21(33-20)18-11-23(14-29(18)12-19(30)27-7-3-4-8-27)5-9-28(10-6-23)22(31)17-13-32-15-24-17/h13,15-16,18H,3-12,14H2,1-2H3. The third-order valence-corrected chi connectivity index (χ3v) is 7.40. The van der Waals surface area contributed by atoms with Crippen molar-refractivity contribution in [1.29, 1.82) is 0 Å². The Morgan fingerprint density at radius 1 is 1.12 bits per heavy atom. The van der Waals surface area contributed by atoms with Gasteiger partial charge in [-0.15, -0.1) is 10.2 Å². The molecule has 2 aromatic rings. The number of rotatable bonds is 5. The molecule has 0 N–H and O–H groups in total. The van der Waals surface area contributed by atoms with Crippen molar-refractivity contribution in [3.8, 4) is 0 Å². The molecular weight excluding hydrogens is 424 g/mol. The number of carbonyl (C=O) groups excluding carboxylic acids is 2. The number of likely N-dealkylation sites (tertiary alicyclic amines) is 3. The first-order chi connectivity index (χ1) is 15.9. The Morgan fingerprint density at radius 2 is 1.88 bits per heavy atom. The van der Waals surface area contributed by atoms with Crippen LogP contribution in [0.25, 0.3) is 0 Å². The summed E-state index contributed by atoms with van der Waals surface area (Å²) < 4.78 is 11.0. The summed E-state index contributed by atoms with van der Waals surface area (Å²) in [4.78, 5) is 35.7. The molecule has 0 saturated carbocycles. The van der Waals surface area contributed by atoms with E-state index >= 15 is 0 Å². The molecular formula is C23H32N6O4. The van der Waals surface area contributed by atoms with E-state index in [1.807, 2.05) is 23.6 Å². The fraction of sp³-hybridized carbons (Fsp3) is 0.696. The number of hydrogen-bond acceptors (Lipinski definition) is 8. The van der Waals surface area contributed by atoms with Crippen molar-refractivity contribution in [2.24, 2.45) is 5.41 Å². The highest BCUT2D eigenvalue weighted by atomic mass is 16.4. The van der Waals surface area contributed by atoms with Gasteiger partial charge < -0.3 is 18.6 Å². The second-order valence-corrected chi connectivity index (χ2v) is 10.0. The van der Waals surface area contributed by atoms with E-state index in [0.717, 1.165) is 51.7 Å². The highest BCUT2D eigenvalue weighted by Gasteiger charge is 2.49. The minimum atomic E-state index is -0.0901. The maximum atomic E-state index is 13.0. The SMILES string of the molecule is CC(C)c1nnc(C2CC3(CCN(C(=O)c4cocn4)CC3)CN2CC(=O)N2CCCC2)o1. The van der Waals surface area contributed by atoms with Crippen molar-refractivity contribution in [2.45, 2.75) is 57.9 Å². The van der Waals surface area contributed by atoms with Gasteiger partial charge in [0.05, 0.1) is 12.6 Å². The Morgan fingerprint density at radius 3 is 2.52 bits per heavy atom. The molecule has 5 rings (SSSR count). The highest BCUT2D eigenvalue weighted by Crippen LogP contribution is 2.49. The molecule has 0 aromatic carbocycles. The quantitative estimate of drug-likeness (QED) is 0.675. The highest BCUT2D eigenvalue weighted by molar-refractivity contribution is 5.91. The summed E-state index contributed by atoms with van der Waals surface area (Å²) in [6.45, 7) is 8.24. The van der Waals surface area contributed by atoms with E-state index in [9.17, 15) is 9.59 Å². The summed E-state index contributed by atoms with van der Waals surface area (Å²) in [5.74, 6) is 1.48. The molecule has 3 saturated heterocycles. The summed E-state index contributed by atoms with van der Waals surface area (Å²) in [7, 11) is 0. The molecule has 3 aliphatic rings. The Balaban J connectivity index is 1.31. The number of oxazole rings is 1. The minimum absolute atomic E-state index is 0.0169. The van der Waals surface area contributed by atoms with E-state index in [1.165, 1.54) is 12.7 Å². The predicted octanol–water partition coefficient (Wildman–Crippen LogP) is 2.47. The molecule has 178 valence electrons. The molecule has 10 nitrogen and oxygen atoms in total. The van der Waals surface area contributed by atoms with Gasteiger partial charge >= 0.3 is 0 Å². The van der Waals surface area contributed by atoms with E-state index in [0.29, 0.717) is 37.1 Å². The van der Waals surface area contributed by atoms with Gasteiger partial charge in [-0.1, -0.05) is 13.8 Å². The third-order valence-electron chi connectivity index (χ3n) is 7.40. The number of piperidine rings is 1. The fourth-order valence-corrected chi connectivity index (χ4v) is 5.44. The number of nitrogens with zero attached hydrogens (tertiary/aromatic N) is 6. The van der Waals surface area contributed by atoms with E-state index in [-0.39, 0.29) is 29.2 Å². The monoisotopic (exact) mass is 456 g/mol. The average Bonchev–Trinajstić information content (AvgIpc) is 3.61. The van der Waals surface area contributed by atoms with E-state index in [4.69, 9.17) is 8.83 Å². The van der Waals surface area contributed by atoms with Crippen LogP contribution in [0.3, 0.4) is 0 Å². The van der Waals surface area contributed by atoms with Gasteiger partial charge in [0, 0.05) is 38.6 Å². The summed E-state index contributed by atoms with van der Waals surface area (Å²) in [5, 5.41) is 8.60. The van der Waals surface area contributed by atoms with Crippen molar-refractivity contribution in [3.05, 3.63) is 30.1 Å². The van der Waals surface area contributed by atoms with Crippen LogP contribution in [0.5, 0.6) is 0 Å². The molecule has 3 aliphatic heterocycles. The predicted molar refractivity (Wildman–Crippen MR) is 117 cm³/mol. The zero-order chi connectivity index (χ0) is 23.0. The lowest BCUT2D eigenvalue weighted by Gasteiger charge is -2.39. The molecule has 33 heavy (non-hydrogen) atoms. The minimum Gasteiger partial charge on any atom is -0.451 e. The van der Waals surface area contributed by atoms with Crippen molar-refractivity contribution in [1.82, 2.24) is 29.9 Å². The van der Waals surface area contributed by atoms with Crippen molar-refractivity contribution < 1.29 is 18.4 Å².